The van der Waals surface area contributed by atoms with Gasteiger partial charge in [0.2, 0.25) is 5.88 Å². The molecule has 2 heterocycles. The summed E-state index contributed by atoms with van der Waals surface area (Å²) in [6.07, 6.45) is 1.64. The maximum Gasteiger partial charge on any atom is 0.262 e. The summed E-state index contributed by atoms with van der Waals surface area (Å²) in [7, 11) is 0. The van der Waals surface area contributed by atoms with Crippen LogP contribution < -0.4 is 20.1 Å². The van der Waals surface area contributed by atoms with E-state index in [1.165, 1.54) is 0 Å². The van der Waals surface area contributed by atoms with Crippen molar-refractivity contribution in [3.8, 4) is 11.6 Å². The summed E-state index contributed by atoms with van der Waals surface area (Å²) < 4.78 is 10.8. The number of rotatable bonds is 5. The van der Waals surface area contributed by atoms with Gasteiger partial charge in [-0.2, -0.15) is 0 Å². The number of amides is 2. The van der Waals surface area contributed by atoms with Gasteiger partial charge in [0.15, 0.2) is 6.61 Å². The number of nitrogens with zero attached hydrogens (tertiary/aromatic N) is 1. The van der Waals surface area contributed by atoms with Crippen molar-refractivity contribution in [3.05, 3.63) is 47.7 Å². The van der Waals surface area contributed by atoms with Gasteiger partial charge in [0, 0.05) is 23.9 Å². The van der Waals surface area contributed by atoms with E-state index in [0.29, 0.717) is 36.0 Å². The Morgan fingerprint density at radius 2 is 2.29 bits per heavy atom. The molecular formula is C17H17N3O4. The van der Waals surface area contributed by atoms with Crippen LogP contribution >= 0.6 is 0 Å². The summed E-state index contributed by atoms with van der Waals surface area (Å²) in [5, 5.41) is 5.51. The number of aromatic nitrogens is 1. The minimum absolute atomic E-state index is 0.0501. The predicted octanol–water partition coefficient (Wildman–Crippen LogP) is 1.74. The number of hydrogen-bond acceptors (Lipinski definition) is 5. The largest absolute Gasteiger partial charge is 0.482 e. The summed E-state index contributed by atoms with van der Waals surface area (Å²) >= 11 is 0. The van der Waals surface area contributed by atoms with Gasteiger partial charge < -0.3 is 20.1 Å². The first-order chi connectivity index (χ1) is 11.7. The third-order valence-electron chi connectivity index (χ3n) is 3.45. The molecule has 0 atom stereocenters. The van der Waals surface area contributed by atoms with Crippen LogP contribution in [0.5, 0.6) is 11.6 Å². The number of carbonyl (C=O) groups excluding carboxylic acids is 2. The summed E-state index contributed by atoms with van der Waals surface area (Å²) in [6, 6.07) is 8.53. The van der Waals surface area contributed by atoms with Crippen LogP contribution in [-0.4, -0.2) is 30.0 Å². The molecule has 1 aliphatic heterocycles. The number of ether oxygens (including phenoxy) is 2. The second-order valence-corrected chi connectivity index (χ2v) is 5.13. The summed E-state index contributed by atoms with van der Waals surface area (Å²) in [6.45, 7) is 2.64. The molecule has 0 unspecified atom stereocenters. The third-order valence-corrected chi connectivity index (χ3v) is 3.45. The SMILES string of the molecule is CCOc1ncccc1CNC(=O)c1ccc2c(c1)OCC(=O)N2. The molecule has 0 bridgehead atoms. The number of anilines is 1. The molecule has 24 heavy (non-hydrogen) atoms. The van der Waals surface area contributed by atoms with Gasteiger partial charge in [-0.25, -0.2) is 4.98 Å². The highest BCUT2D eigenvalue weighted by atomic mass is 16.5. The molecule has 0 fully saturated rings. The fourth-order valence-electron chi connectivity index (χ4n) is 2.32. The quantitative estimate of drug-likeness (QED) is 0.873. The Bertz CT molecular complexity index is 776. The molecule has 0 saturated heterocycles. The lowest BCUT2D eigenvalue weighted by atomic mass is 10.1. The number of pyridine rings is 1. The molecule has 1 aromatic heterocycles. The molecule has 2 amide bonds. The van der Waals surface area contributed by atoms with Crippen LogP contribution in [0.3, 0.4) is 0 Å². The van der Waals surface area contributed by atoms with Gasteiger partial charge >= 0.3 is 0 Å². The van der Waals surface area contributed by atoms with Crippen molar-refractivity contribution in [2.75, 3.05) is 18.5 Å². The average Bonchev–Trinajstić information content (AvgIpc) is 2.60. The molecule has 2 aromatic rings. The lowest BCUT2D eigenvalue weighted by molar-refractivity contribution is -0.118. The van der Waals surface area contributed by atoms with Crippen LogP contribution in [0.2, 0.25) is 0 Å². The van der Waals surface area contributed by atoms with Gasteiger partial charge in [0.1, 0.15) is 5.75 Å². The van der Waals surface area contributed by atoms with E-state index in [-0.39, 0.29) is 18.4 Å². The molecule has 0 radical (unpaired) electrons. The average molecular weight is 327 g/mol. The van der Waals surface area contributed by atoms with E-state index in [2.05, 4.69) is 15.6 Å². The highest BCUT2D eigenvalue weighted by molar-refractivity contribution is 5.98. The highest BCUT2D eigenvalue weighted by Gasteiger charge is 2.18. The van der Waals surface area contributed by atoms with Gasteiger partial charge in [-0.05, 0) is 31.2 Å². The van der Waals surface area contributed by atoms with Gasteiger partial charge in [0.05, 0.1) is 12.3 Å². The summed E-state index contributed by atoms with van der Waals surface area (Å²) in [5.74, 6) is 0.541. The topological polar surface area (TPSA) is 89.6 Å². The maximum atomic E-state index is 12.3. The van der Waals surface area contributed by atoms with Gasteiger partial charge in [-0.15, -0.1) is 0 Å². The normalized spacial score (nSPS) is 12.6. The second kappa shape index (κ2) is 6.99. The second-order valence-electron chi connectivity index (χ2n) is 5.13. The number of fused-ring (bicyclic) bond motifs is 1. The number of nitrogens with one attached hydrogen (secondary N) is 2. The first-order valence-electron chi connectivity index (χ1n) is 7.59. The van der Waals surface area contributed by atoms with Crippen molar-refractivity contribution in [1.29, 1.82) is 0 Å². The van der Waals surface area contributed by atoms with Crippen molar-refractivity contribution in [3.63, 3.8) is 0 Å². The smallest absolute Gasteiger partial charge is 0.262 e. The number of carbonyl (C=O) groups is 2. The Kier molecular flexibility index (Phi) is 4.60. The van der Waals surface area contributed by atoms with Crippen molar-refractivity contribution in [2.45, 2.75) is 13.5 Å². The Balaban J connectivity index is 1.69. The van der Waals surface area contributed by atoms with Gasteiger partial charge in [-0.1, -0.05) is 6.07 Å². The van der Waals surface area contributed by atoms with Crippen LogP contribution in [0.25, 0.3) is 0 Å². The van der Waals surface area contributed by atoms with Gasteiger partial charge in [-0.3, -0.25) is 9.59 Å². The summed E-state index contributed by atoms with van der Waals surface area (Å²) in [5.41, 5.74) is 1.81. The lowest BCUT2D eigenvalue weighted by Crippen LogP contribution is -2.27. The molecule has 2 N–H and O–H groups in total. The fraction of sp³-hybridized carbons (Fsp3) is 0.235. The van der Waals surface area contributed by atoms with Crippen LogP contribution in [0.4, 0.5) is 5.69 Å². The maximum absolute atomic E-state index is 12.3. The molecule has 7 nitrogen and oxygen atoms in total. The van der Waals surface area contributed by atoms with Crippen LogP contribution in [0.1, 0.15) is 22.8 Å². The molecule has 1 aromatic carbocycles. The van der Waals surface area contributed by atoms with E-state index in [1.807, 2.05) is 13.0 Å². The zero-order valence-electron chi connectivity index (χ0n) is 13.2. The molecule has 1 aliphatic rings. The van der Waals surface area contributed by atoms with Crippen LogP contribution in [-0.2, 0) is 11.3 Å². The zero-order valence-corrected chi connectivity index (χ0v) is 13.2. The lowest BCUT2D eigenvalue weighted by Gasteiger charge is -2.18. The van der Waals surface area contributed by atoms with E-state index >= 15 is 0 Å². The Hall–Kier alpha value is -3.09. The molecule has 0 saturated carbocycles. The van der Waals surface area contributed by atoms with E-state index in [1.54, 1.807) is 30.5 Å². The third kappa shape index (κ3) is 3.45. The highest BCUT2D eigenvalue weighted by Crippen LogP contribution is 2.28. The first kappa shape index (κ1) is 15.8. The Labute approximate surface area is 139 Å². The minimum Gasteiger partial charge on any atom is -0.482 e. The Morgan fingerprint density at radius 3 is 3.12 bits per heavy atom. The van der Waals surface area contributed by atoms with Gasteiger partial charge in [0.25, 0.3) is 11.8 Å². The standard InChI is InChI=1S/C17H17N3O4/c1-2-23-17-12(4-3-7-18-17)9-19-16(22)11-5-6-13-14(8-11)24-10-15(21)20-13/h3-8H,2,9-10H2,1H3,(H,19,22)(H,20,21). The van der Waals surface area contributed by atoms with Crippen molar-refractivity contribution in [1.82, 2.24) is 10.3 Å². The van der Waals surface area contributed by atoms with Crippen LogP contribution in [0.15, 0.2) is 36.5 Å². The van der Waals surface area contributed by atoms with Crippen molar-refractivity contribution < 1.29 is 19.1 Å². The molecule has 0 aliphatic carbocycles. The first-order valence-corrected chi connectivity index (χ1v) is 7.59. The molecule has 3 rings (SSSR count). The molecule has 0 spiro atoms. The Morgan fingerprint density at radius 1 is 1.42 bits per heavy atom. The van der Waals surface area contributed by atoms with Crippen molar-refractivity contribution in [2.24, 2.45) is 0 Å². The molecule has 124 valence electrons. The predicted molar refractivity (Wildman–Crippen MR) is 87.1 cm³/mol. The molecule has 7 heteroatoms. The summed E-state index contributed by atoms with van der Waals surface area (Å²) in [4.78, 5) is 27.7. The minimum atomic E-state index is -0.246. The van der Waals surface area contributed by atoms with Crippen LogP contribution in [0, 0.1) is 0 Å². The fourth-order valence-corrected chi connectivity index (χ4v) is 2.32. The van der Waals surface area contributed by atoms with E-state index in [0.717, 1.165) is 5.56 Å². The van der Waals surface area contributed by atoms with E-state index in [4.69, 9.17) is 9.47 Å². The monoisotopic (exact) mass is 327 g/mol. The molecular weight excluding hydrogens is 310 g/mol. The van der Waals surface area contributed by atoms with E-state index < -0.39 is 0 Å². The number of benzene rings is 1. The van der Waals surface area contributed by atoms with Crippen molar-refractivity contribution >= 4 is 17.5 Å². The number of hydrogen-bond donors (Lipinski definition) is 2. The van der Waals surface area contributed by atoms with E-state index in [9.17, 15) is 9.59 Å². The zero-order chi connectivity index (χ0) is 16.9.